The van der Waals surface area contributed by atoms with Gasteiger partial charge in [0.05, 0.1) is 25.2 Å². The average molecular weight is 471 g/mol. The molecule has 0 aromatic heterocycles. The Morgan fingerprint density at radius 1 is 1.15 bits per heavy atom. The van der Waals surface area contributed by atoms with Crippen LogP contribution in [-0.2, 0) is 14.3 Å². The molecule has 0 saturated carbocycles. The first kappa shape index (κ1) is 24.8. The van der Waals surface area contributed by atoms with Crippen molar-refractivity contribution < 1.29 is 33.0 Å². The first-order valence-corrected chi connectivity index (χ1v) is 10.3. The Morgan fingerprint density at radius 2 is 1.79 bits per heavy atom. The minimum atomic E-state index is -1.45. The van der Waals surface area contributed by atoms with Gasteiger partial charge in [-0.1, -0.05) is 30.0 Å². The molecule has 1 saturated heterocycles. The van der Waals surface area contributed by atoms with E-state index in [1.807, 2.05) is 6.07 Å². The van der Waals surface area contributed by atoms with Crippen LogP contribution in [0.5, 0.6) is 0 Å². The summed E-state index contributed by atoms with van der Waals surface area (Å²) in [5.74, 6) is 2.25. The lowest BCUT2D eigenvalue weighted by molar-refractivity contribution is -0.126. The number of imide groups is 1. The molecule has 178 valence electrons. The molecule has 1 fully saturated rings. The lowest BCUT2D eigenvalue weighted by Gasteiger charge is -2.47. The number of methoxy groups -OCH3 is 1. The first-order valence-electron chi connectivity index (χ1n) is 10.3. The largest absolute Gasteiger partial charge is 0.394 e. The number of anilines is 1. The minimum absolute atomic E-state index is 0.0122. The van der Waals surface area contributed by atoms with Gasteiger partial charge in [-0.3, -0.25) is 9.59 Å². The number of benzene rings is 2. The normalized spacial score (nSPS) is 17.9. The molecule has 0 spiro atoms. The predicted molar refractivity (Wildman–Crippen MR) is 119 cm³/mol. The molecule has 0 bridgehead atoms. The molecule has 1 heterocycles. The summed E-state index contributed by atoms with van der Waals surface area (Å²) in [6.07, 6.45) is -0.0263. The number of nitrogens with one attached hydrogen (secondary N) is 1. The van der Waals surface area contributed by atoms with Crippen molar-refractivity contribution in [1.82, 2.24) is 10.2 Å². The van der Waals surface area contributed by atoms with Crippen molar-refractivity contribution in [3.8, 4) is 11.8 Å². The van der Waals surface area contributed by atoms with E-state index in [0.717, 1.165) is 17.0 Å². The van der Waals surface area contributed by atoms with E-state index < -0.39 is 47.8 Å². The van der Waals surface area contributed by atoms with Gasteiger partial charge in [-0.25, -0.2) is 18.5 Å². The van der Waals surface area contributed by atoms with Gasteiger partial charge in [0.15, 0.2) is 11.6 Å². The highest BCUT2D eigenvalue weighted by molar-refractivity contribution is 6.16. The molecule has 2 aromatic rings. The number of hydrogen-bond donors (Lipinski definition) is 2. The average Bonchev–Trinajstić information content (AvgIpc) is 2.82. The highest BCUT2D eigenvalue weighted by Crippen LogP contribution is 2.34. The number of amides is 4. The molecule has 1 atom stereocenters. The third-order valence-electron chi connectivity index (χ3n) is 5.36. The number of aliphatic hydroxyl groups excluding tert-OH is 1. The summed E-state index contributed by atoms with van der Waals surface area (Å²) in [7, 11) is 1.33. The molecule has 10 heteroatoms. The molecule has 1 aliphatic heterocycles. The molecular formula is C24H23F2N3O5. The van der Waals surface area contributed by atoms with Crippen molar-refractivity contribution in [2.24, 2.45) is 0 Å². The van der Waals surface area contributed by atoms with E-state index in [1.54, 1.807) is 24.3 Å². The fourth-order valence-corrected chi connectivity index (χ4v) is 3.78. The van der Waals surface area contributed by atoms with Crippen LogP contribution in [0.1, 0.15) is 17.5 Å². The molecule has 8 nitrogen and oxygen atoms in total. The molecule has 0 aliphatic carbocycles. The molecule has 0 radical (unpaired) electrons. The van der Waals surface area contributed by atoms with E-state index >= 15 is 8.78 Å². The summed E-state index contributed by atoms with van der Waals surface area (Å²) in [6.45, 7) is -0.974. The first-order chi connectivity index (χ1) is 16.4. The Hall–Kier alpha value is -3.81. The van der Waals surface area contributed by atoms with Crippen molar-refractivity contribution in [1.29, 1.82) is 0 Å². The smallest absolute Gasteiger partial charge is 0.332 e. The molecule has 1 aliphatic rings. The Labute approximate surface area is 195 Å². The van der Waals surface area contributed by atoms with E-state index in [1.165, 1.54) is 7.11 Å². The van der Waals surface area contributed by atoms with E-state index in [4.69, 9.17) is 4.74 Å². The number of carbonyl (C=O) groups excluding carboxylic acids is 3. The minimum Gasteiger partial charge on any atom is -0.394 e. The quantitative estimate of drug-likeness (QED) is 0.347. The summed E-state index contributed by atoms with van der Waals surface area (Å²) in [5.41, 5.74) is -1.61. The number of urea groups is 1. The second-order valence-electron chi connectivity index (χ2n) is 7.63. The standard InChI is InChI=1S/C24H23F2N3O5/c1-34-15-24(14-30)13-21(32)29(23(33)28(24)10-9-27-16-31)22-19(25)11-18(12-20(22)26)8-7-17-5-3-2-4-6-17/h2-6,11-12,16,30H,9-10,13-15H2,1H3,(H,27,31). The van der Waals surface area contributed by atoms with Crippen LogP contribution >= 0.6 is 0 Å². The zero-order valence-corrected chi connectivity index (χ0v) is 18.4. The van der Waals surface area contributed by atoms with Crippen molar-refractivity contribution in [3.63, 3.8) is 0 Å². The Morgan fingerprint density at radius 3 is 2.38 bits per heavy atom. The number of aliphatic hydroxyl groups is 1. The zero-order valence-electron chi connectivity index (χ0n) is 18.4. The third kappa shape index (κ3) is 5.06. The monoisotopic (exact) mass is 471 g/mol. The lowest BCUT2D eigenvalue weighted by atomic mass is 9.91. The molecule has 2 aromatic carbocycles. The Bertz CT molecular complexity index is 1110. The van der Waals surface area contributed by atoms with Crippen LogP contribution in [-0.4, -0.2) is 67.3 Å². The van der Waals surface area contributed by atoms with Crippen LogP contribution in [0.4, 0.5) is 19.3 Å². The van der Waals surface area contributed by atoms with Gasteiger partial charge in [-0.2, -0.15) is 0 Å². The van der Waals surface area contributed by atoms with Gasteiger partial charge in [0.2, 0.25) is 12.3 Å². The van der Waals surface area contributed by atoms with E-state index in [0.29, 0.717) is 16.9 Å². The number of rotatable bonds is 8. The molecule has 1 unspecified atom stereocenters. The Kier molecular flexibility index (Phi) is 7.94. The van der Waals surface area contributed by atoms with E-state index in [9.17, 15) is 19.5 Å². The third-order valence-corrected chi connectivity index (χ3v) is 5.36. The van der Waals surface area contributed by atoms with Crippen LogP contribution in [0, 0.1) is 23.5 Å². The molecule has 34 heavy (non-hydrogen) atoms. The van der Waals surface area contributed by atoms with Crippen LogP contribution in [0.25, 0.3) is 0 Å². The summed E-state index contributed by atoms with van der Waals surface area (Å²) in [4.78, 5) is 38.3. The Balaban J connectivity index is 1.98. The topological polar surface area (TPSA) is 99.2 Å². The van der Waals surface area contributed by atoms with E-state index in [2.05, 4.69) is 17.2 Å². The molecule has 3 rings (SSSR count). The summed E-state index contributed by atoms with van der Waals surface area (Å²) in [5, 5.41) is 12.4. The van der Waals surface area contributed by atoms with Crippen molar-refractivity contribution >= 4 is 24.0 Å². The summed E-state index contributed by atoms with van der Waals surface area (Å²) < 4.78 is 35.1. The van der Waals surface area contributed by atoms with Gasteiger partial charge in [-0.15, -0.1) is 0 Å². The van der Waals surface area contributed by atoms with Crippen molar-refractivity contribution in [2.75, 3.05) is 38.3 Å². The van der Waals surface area contributed by atoms with Gasteiger partial charge >= 0.3 is 6.03 Å². The number of carbonyl (C=O) groups is 3. The maximum atomic E-state index is 15.0. The van der Waals surface area contributed by atoms with Crippen LogP contribution in [0.2, 0.25) is 0 Å². The predicted octanol–water partition coefficient (Wildman–Crippen LogP) is 1.65. The van der Waals surface area contributed by atoms with Crippen LogP contribution in [0.15, 0.2) is 42.5 Å². The summed E-state index contributed by atoms with van der Waals surface area (Å²) >= 11 is 0. The maximum absolute atomic E-state index is 15.0. The number of ether oxygens (including phenoxy) is 1. The van der Waals surface area contributed by atoms with Crippen molar-refractivity contribution in [2.45, 2.75) is 12.0 Å². The molecule has 2 N–H and O–H groups in total. The zero-order chi connectivity index (χ0) is 24.7. The van der Waals surface area contributed by atoms with Crippen LogP contribution < -0.4 is 10.2 Å². The highest BCUT2D eigenvalue weighted by Gasteiger charge is 2.50. The van der Waals surface area contributed by atoms with Gasteiger partial charge in [-0.05, 0) is 24.3 Å². The molecule has 4 amide bonds. The van der Waals surface area contributed by atoms with Crippen LogP contribution in [0.3, 0.4) is 0 Å². The second kappa shape index (κ2) is 10.9. The SMILES string of the molecule is COCC1(CO)CC(=O)N(c2c(F)cc(C#Cc3ccccc3)cc2F)C(=O)N1CCNC=O. The van der Waals surface area contributed by atoms with Gasteiger partial charge in [0.25, 0.3) is 0 Å². The number of nitrogens with zero attached hydrogens (tertiary/aromatic N) is 2. The van der Waals surface area contributed by atoms with Gasteiger partial charge in [0, 0.05) is 31.3 Å². The van der Waals surface area contributed by atoms with E-state index in [-0.39, 0.29) is 25.3 Å². The maximum Gasteiger partial charge on any atom is 0.332 e. The van der Waals surface area contributed by atoms with Gasteiger partial charge < -0.3 is 20.1 Å². The number of hydrogen-bond acceptors (Lipinski definition) is 5. The van der Waals surface area contributed by atoms with Crippen molar-refractivity contribution in [3.05, 3.63) is 65.2 Å². The summed E-state index contributed by atoms with van der Waals surface area (Å²) in [6, 6.07) is 9.66. The highest BCUT2D eigenvalue weighted by atomic mass is 19.1. The second-order valence-corrected chi connectivity index (χ2v) is 7.63. The fourth-order valence-electron chi connectivity index (χ4n) is 3.78. The lowest BCUT2D eigenvalue weighted by Crippen LogP contribution is -2.68. The van der Waals surface area contributed by atoms with Gasteiger partial charge in [0.1, 0.15) is 5.69 Å². The fraction of sp³-hybridized carbons (Fsp3) is 0.292. The number of halogens is 2. The molecular weight excluding hydrogens is 448 g/mol.